The lowest BCUT2D eigenvalue weighted by atomic mass is 9.93. The summed E-state index contributed by atoms with van der Waals surface area (Å²) < 4.78 is 17.0. The minimum absolute atomic E-state index is 0.0342. The predicted molar refractivity (Wildman–Crippen MR) is 128 cm³/mol. The molecule has 1 aliphatic heterocycles. The molecule has 3 rings (SSSR count). The molecule has 1 heterocycles. The second-order valence-electron chi connectivity index (χ2n) is 8.31. The Bertz CT molecular complexity index is 996. The number of carbonyl (C=O) groups is 2. The van der Waals surface area contributed by atoms with E-state index in [2.05, 4.69) is 37.3 Å². The Kier molecular flexibility index (Phi) is 9.24. The first kappa shape index (κ1) is 25.2. The van der Waals surface area contributed by atoms with E-state index in [9.17, 15) is 9.59 Å². The van der Waals surface area contributed by atoms with Crippen molar-refractivity contribution in [3.8, 4) is 0 Å². The van der Waals surface area contributed by atoms with E-state index in [0.29, 0.717) is 17.9 Å². The van der Waals surface area contributed by atoms with E-state index in [1.165, 1.54) is 25.0 Å². The van der Waals surface area contributed by atoms with Gasteiger partial charge in [0, 0.05) is 11.9 Å². The minimum Gasteiger partial charge on any atom is -0.463 e. The van der Waals surface area contributed by atoms with Crippen molar-refractivity contribution < 1.29 is 23.8 Å². The highest BCUT2D eigenvalue weighted by molar-refractivity contribution is 6.31. The number of hydrogen-bond acceptors (Lipinski definition) is 5. The van der Waals surface area contributed by atoms with Crippen molar-refractivity contribution in [3.63, 3.8) is 0 Å². The van der Waals surface area contributed by atoms with E-state index >= 15 is 0 Å². The molecule has 0 amide bonds. The lowest BCUT2D eigenvalue weighted by Crippen LogP contribution is -2.25. The Morgan fingerprint density at radius 1 is 1.09 bits per heavy atom. The molecule has 33 heavy (non-hydrogen) atoms. The molecule has 0 saturated heterocycles. The number of ether oxygens (including phenoxy) is 3. The van der Waals surface area contributed by atoms with E-state index < -0.39 is 0 Å². The summed E-state index contributed by atoms with van der Waals surface area (Å²) >= 11 is 6.67. The van der Waals surface area contributed by atoms with Crippen LogP contribution in [0.25, 0.3) is 0 Å². The quantitative estimate of drug-likeness (QED) is 0.336. The molecule has 0 aromatic heterocycles. The second kappa shape index (κ2) is 12.1. The standard InChI is InChI=1S/C27H31ClO5/c1-4-20-8-10-21(11-9-20)12-22-13-25(23(14-26(22)28)16-31-15-18(2)29)27-7-5-6-24(33-27)17-32-19(3)30/h5-6,8-11,13-14,24,27H,4,7,12,15-17H2,1-3H3/t24-,27+/m1/s1. The number of hydrogen-bond donors (Lipinski definition) is 0. The highest BCUT2D eigenvalue weighted by Crippen LogP contribution is 2.34. The Morgan fingerprint density at radius 3 is 2.48 bits per heavy atom. The maximum atomic E-state index is 11.3. The van der Waals surface area contributed by atoms with Crippen LogP contribution in [0.2, 0.25) is 5.02 Å². The van der Waals surface area contributed by atoms with Gasteiger partial charge in [-0.2, -0.15) is 0 Å². The molecule has 0 fully saturated rings. The highest BCUT2D eigenvalue weighted by atomic mass is 35.5. The summed E-state index contributed by atoms with van der Waals surface area (Å²) in [7, 11) is 0. The van der Waals surface area contributed by atoms with Crippen molar-refractivity contribution in [2.75, 3.05) is 13.2 Å². The van der Waals surface area contributed by atoms with Gasteiger partial charge in [-0.25, -0.2) is 0 Å². The number of benzene rings is 2. The van der Waals surface area contributed by atoms with Gasteiger partial charge in [-0.05, 0) is 60.1 Å². The van der Waals surface area contributed by atoms with E-state index in [0.717, 1.165) is 23.1 Å². The Labute approximate surface area is 200 Å². The first-order valence-electron chi connectivity index (χ1n) is 11.3. The van der Waals surface area contributed by atoms with Gasteiger partial charge in [0.05, 0.1) is 12.7 Å². The fourth-order valence-corrected chi connectivity index (χ4v) is 4.07. The van der Waals surface area contributed by atoms with E-state index in [-0.39, 0.29) is 43.8 Å². The molecule has 1 aliphatic rings. The lowest BCUT2D eigenvalue weighted by Gasteiger charge is -2.28. The smallest absolute Gasteiger partial charge is 0.302 e. The number of rotatable bonds is 10. The number of aryl methyl sites for hydroxylation is 1. The summed E-state index contributed by atoms with van der Waals surface area (Å²) in [6, 6.07) is 12.5. The Morgan fingerprint density at radius 2 is 1.82 bits per heavy atom. The summed E-state index contributed by atoms with van der Waals surface area (Å²) in [5, 5.41) is 0.655. The van der Waals surface area contributed by atoms with Crippen molar-refractivity contribution >= 4 is 23.4 Å². The van der Waals surface area contributed by atoms with Gasteiger partial charge in [0.1, 0.15) is 19.3 Å². The van der Waals surface area contributed by atoms with Gasteiger partial charge in [0.2, 0.25) is 0 Å². The van der Waals surface area contributed by atoms with Crippen molar-refractivity contribution in [1.82, 2.24) is 0 Å². The van der Waals surface area contributed by atoms with E-state index in [4.69, 9.17) is 25.8 Å². The van der Waals surface area contributed by atoms with Gasteiger partial charge in [-0.1, -0.05) is 61.0 Å². The van der Waals surface area contributed by atoms with Gasteiger partial charge in [0.15, 0.2) is 5.78 Å². The molecule has 0 bridgehead atoms. The molecule has 176 valence electrons. The monoisotopic (exact) mass is 470 g/mol. The third kappa shape index (κ3) is 7.53. The topological polar surface area (TPSA) is 61.8 Å². The first-order valence-corrected chi connectivity index (χ1v) is 11.6. The molecule has 5 nitrogen and oxygen atoms in total. The number of halogens is 1. The minimum atomic E-state index is -0.338. The molecule has 0 aliphatic carbocycles. The maximum Gasteiger partial charge on any atom is 0.302 e. The van der Waals surface area contributed by atoms with Gasteiger partial charge >= 0.3 is 5.97 Å². The first-order chi connectivity index (χ1) is 15.9. The molecule has 0 unspecified atom stereocenters. The number of carbonyl (C=O) groups excluding carboxylic acids is 2. The SMILES string of the molecule is CCc1ccc(Cc2cc([C@@H]3CC=C[C@H](COC(C)=O)O3)c(COCC(C)=O)cc2Cl)cc1. The van der Waals surface area contributed by atoms with Gasteiger partial charge in [-0.3, -0.25) is 9.59 Å². The third-order valence-electron chi connectivity index (χ3n) is 5.53. The van der Waals surface area contributed by atoms with Crippen LogP contribution in [0, 0.1) is 0 Å². The molecule has 0 radical (unpaired) electrons. The molecule has 2 aromatic carbocycles. The summed E-state index contributed by atoms with van der Waals surface area (Å²) in [5.41, 5.74) is 5.33. The molecule has 2 atom stereocenters. The molecule has 0 spiro atoms. The predicted octanol–water partition coefficient (Wildman–Crippen LogP) is 5.55. The van der Waals surface area contributed by atoms with E-state index in [1.54, 1.807) is 0 Å². The Balaban J connectivity index is 1.86. The second-order valence-corrected chi connectivity index (χ2v) is 8.72. The van der Waals surface area contributed by atoms with Crippen LogP contribution in [0.1, 0.15) is 61.1 Å². The largest absolute Gasteiger partial charge is 0.463 e. The molecular formula is C27H31ClO5. The maximum absolute atomic E-state index is 11.3. The van der Waals surface area contributed by atoms with Crippen molar-refractivity contribution in [2.24, 2.45) is 0 Å². The molecule has 2 aromatic rings. The number of ketones is 1. The van der Waals surface area contributed by atoms with Gasteiger partial charge in [-0.15, -0.1) is 0 Å². The summed E-state index contributed by atoms with van der Waals surface area (Å²) in [4.78, 5) is 22.5. The number of esters is 1. The van der Waals surface area contributed by atoms with Crippen LogP contribution in [0.5, 0.6) is 0 Å². The van der Waals surface area contributed by atoms with Gasteiger partial charge in [0.25, 0.3) is 0 Å². The zero-order chi connectivity index (χ0) is 23.8. The average Bonchev–Trinajstić information content (AvgIpc) is 2.79. The van der Waals surface area contributed by atoms with Crippen molar-refractivity contribution in [2.45, 2.75) is 58.8 Å². The van der Waals surface area contributed by atoms with E-state index in [1.807, 2.05) is 18.2 Å². The summed E-state index contributed by atoms with van der Waals surface area (Å²) in [6.07, 6.45) is 5.79. The van der Waals surface area contributed by atoms with Crippen LogP contribution in [-0.2, 0) is 43.2 Å². The van der Waals surface area contributed by atoms with Crippen LogP contribution < -0.4 is 0 Å². The van der Waals surface area contributed by atoms with Gasteiger partial charge < -0.3 is 14.2 Å². The van der Waals surface area contributed by atoms with Crippen LogP contribution in [0.15, 0.2) is 48.6 Å². The third-order valence-corrected chi connectivity index (χ3v) is 5.89. The summed E-state index contributed by atoms with van der Waals surface area (Å²) in [6.45, 7) is 5.49. The number of Topliss-reactive ketones (excluding diaryl/α,β-unsaturated/α-hetero) is 1. The van der Waals surface area contributed by atoms with Crippen LogP contribution in [0.3, 0.4) is 0 Å². The molecule has 6 heteroatoms. The molecule has 0 saturated carbocycles. The highest BCUT2D eigenvalue weighted by Gasteiger charge is 2.24. The summed E-state index contributed by atoms with van der Waals surface area (Å²) in [5.74, 6) is -0.372. The molecular weight excluding hydrogens is 440 g/mol. The van der Waals surface area contributed by atoms with Crippen LogP contribution in [-0.4, -0.2) is 31.1 Å². The van der Waals surface area contributed by atoms with Crippen molar-refractivity contribution in [1.29, 1.82) is 0 Å². The normalized spacial score (nSPS) is 17.7. The van der Waals surface area contributed by atoms with Crippen LogP contribution in [0.4, 0.5) is 0 Å². The lowest BCUT2D eigenvalue weighted by molar-refractivity contribution is -0.145. The van der Waals surface area contributed by atoms with Crippen molar-refractivity contribution in [3.05, 3.63) is 81.4 Å². The molecule has 0 N–H and O–H groups in total. The fraction of sp³-hybridized carbons (Fsp3) is 0.407. The zero-order valence-corrected chi connectivity index (χ0v) is 20.2. The average molecular weight is 471 g/mol. The fourth-order valence-electron chi connectivity index (χ4n) is 3.82. The Hall–Kier alpha value is -2.47. The van der Waals surface area contributed by atoms with Crippen LogP contribution >= 0.6 is 11.6 Å². The zero-order valence-electron chi connectivity index (χ0n) is 19.4.